The Morgan fingerprint density at radius 2 is 1.91 bits per heavy atom. The molecule has 66 valence electrons. The molecular formula is C8H16O2Sm. The van der Waals surface area contributed by atoms with Crippen molar-refractivity contribution in [2.75, 3.05) is 0 Å². The molecule has 0 fully saturated rings. The van der Waals surface area contributed by atoms with Crippen LogP contribution in [0.1, 0.15) is 40.0 Å². The Balaban J connectivity index is 0. The minimum absolute atomic E-state index is 0. The van der Waals surface area contributed by atoms with Crippen LogP contribution in [0.25, 0.3) is 0 Å². The quantitative estimate of drug-likeness (QED) is 0.864. The van der Waals surface area contributed by atoms with Gasteiger partial charge in [0.1, 0.15) is 0 Å². The second kappa shape index (κ2) is 6.34. The van der Waals surface area contributed by atoms with Crippen molar-refractivity contribution in [1.82, 2.24) is 0 Å². The average Bonchev–Trinajstić information content (AvgIpc) is 1.84. The van der Waals surface area contributed by atoms with Gasteiger partial charge in [-0.05, 0) is 20.3 Å². The first kappa shape index (κ1) is 14.3. The summed E-state index contributed by atoms with van der Waals surface area (Å²) in [6.07, 6.45) is 2.84. The molecule has 0 radical (unpaired) electrons. The molecular weight excluding hydrogens is 278 g/mol. The maximum Gasteiger partial charge on any atom is 0.309 e. The van der Waals surface area contributed by atoms with E-state index >= 15 is 0 Å². The van der Waals surface area contributed by atoms with Crippen LogP contribution in [0, 0.1) is 45.8 Å². The molecule has 11 heavy (non-hydrogen) atoms. The SMILES string of the molecule is CCCCC(C)(C)C(=O)O.[Sm]. The third-order valence-electron chi connectivity index (χ3n) is 1.73. The van der Waals surface area contributed by atoms with E-state index in [0.29, 0.717) is 0 Å². The van der Waals surface area contributed by atoms with Crippen molar-refractivity contribution in [1.29, 1.82) is 0 Å². The van der Waals surface area contributed by atoms with Crippen molar-refractivity contribution in [3.8, 4) is 0 Å². The normalized spacial score (nSPS) is 10.5. The van der Waals surface area contributed by atoms with E-state index in [1.54, 1.807) is 13.8 Å². The largest absolute Gasteiger partial charge is 0.481 e. The Kier molecular flexibility index (Phi) is 8.26. The van der Waals surface area contributed by atoms with Crippen LogP contribution >= 0.6 is 0 Å². The molecule has 0 atom stereocenters. The second-order valence-corrected chi connectivity index (χ2v) is 3.29. The number of aliphatic carboxylic acids is 1. The van der Waals surface area contributed by atoms with Gasteiger partial charge < -0.3 is 5.11 Å². The second-order valence-electron chi connectivity index (χ2n) is 3.29. The van der Waals surface area contributed by atoms with Crippen LogP contribution in [0.15, 0.2) is 0 Å². The number of carboxylic acids is 1. The Bertz CT molecular complexity index is 121. The van der Waals surface area contributed by atoms with Gasteiger partial charge in [0.15, 0.2) is 0 Å². The van der Waals surface area contributed by atoms with Gasteiger partial charge in [0.2, 0.25) is 0 Å². The molecule has 0 rings (SSSR count). The molecule has 0 saturated carbocycles. The Morgan fingerprint density at radius 1 is 1.45 bits per heavy atom. The van der Waals surface area contributed by atoms with Crippen LogP contribution in [-0.2, 0) is 4.79 Å². The van der Waals surface area contributed by atoms with Crippen LogP contribution in [-0.4, -0.2) is 11.1 Å². The van der Waals surface area contributed by atoms with E-state index in [1.807, 2.05) is 0 Å². The van der Waals surface area contributed by atoms with Crippen molar-refractivity contribution >= 4 is 5.97 Å². The molecule has 1 N–H and O–H groups in total. The van der Waals surface area contributed by atoms with E-state index in [9.17, 15) is 4.79 Å². The van der Waals surface area contributed by atoms with Crippen molar-refractivity contribution in [3.05, 3.63) is 0 Å². The van der Waals surface area contributed by atoms with Gasteiger partial charge in [-0.25, -0.2) is 0 Å². The molecule has 0 bridgehead atoms. The topological polar surface area (TPSA) is 37.3 Å². The van der Waals surface area contributed by atoms with Crippen LogP contribution in [0.2, 0.25) is 0 Å². The van der Waals surface area contributed by atoms with Crippen LogP contribution in [0.5, 0.6) is 0 Å². The molecule has 0 amide bonds. The first-order valence-corrected chi connectivity index (χ1v) is 3.74. The fourth-order valence-corrected chi connectivity index (χ4v) is 0.726. The first-order chi connectivity index (χ1) is 4.50. The minimum atomic E-state index is -0.694. The third-order valence-corrected chi connectivity index (χ3v) is 1.73. The predicted molar refractivity (Wildman–Crippen MR) is 40.9 cm³/mol. The third kappa shape index (κ3) is 6.01. The number of unbranched alkanes of at least 4 members (excludes halogenated alkanes) is 1. The monoisotopic (exact) mass is 296 g/mol. The van der Waals surface area contributed by atoms with Crippen molar-refractivity contribution in [2.24, 2.45) is 5.41 Å². The van der Waals surface area contributed by atoms with Crippen molar-refractivity contribution < 1.29 is 50.3 Å². The summed E-state index contributed by atoms with van der Waals surface area (Å²) >= 11 is 0. The van der Waals surface area contributed by atoms with E-state index in [1.165, 1.54) is 0 Å². The van der Waals surface area contributed by atoms with E-state index in [4.69, 9.17) is 5.11 Å². The average molecular weight is 295 g/mol. The Labute approximate surface area is 101 Å². The molecule has 0 aromatic carbocycles. The summed E-state index contributed by atoms with van der Waals surface area (Å²) in [6.45, 7) is 5.61. The Hall–Kier alpha value is 0.808. The zero-order chi connectivity index (χ0) is 8.20. The van der Waals surface area contributed by atoms with Gasteiger partial charge in [0, 0.05) is 40.4 Å². The van der Waals surface area contributed by atoms with E-state index in [2.05, 4.69) is 6.92 Å². The predicted octanol–water partition coefficient (Wildman–Crippen LogP) is 2.29. The first-order valence-electron chi connectivity index (χ1n) is 3.74. The molecule has 2 nitrogen and oxygen atoms in total. The van der Waals surface area contributed by atoms with Gasteiger partial charge >= 0.3 is 5.97 Å². The summed E-state index contributed by atoms with van der Waals surface area (Å²) in [5.74, 6) is -0.694. The number of carbonyl (C=O) groups is 1. The van der Waals surface area contributed by atoms with Gasteiger partial charge in [-0.1, -0.05) is 19.8 Å². The number of hydrogen-bond acceptors (Lipinski definition) is 1. The molecule has 0 saturated heterocycles. The zero-order valence-corrected chi connectivity index (χ0v) is 10.0. The maximum atomic E-state index is 10.5. The van der Waals surface area contributed by atoms with Gasteiger partial charge in [0.05, 0.1) is 5.41 Å². The number of hydrogen-bond donors (Lipinski definition) is 1. The number of rotatable bonds is 4. The summed E-state index contributed by atoms with van der Waals surface area (Å²) in [5, 5.41) is 8.67. The van der Waals surface area contributed by atoms with Crippen molar-refractivity contribution in [2.45, 2.75) is 40.0 Å². The summed E-state index contributed by atoms with van der Waals surface area (Å²) in [7, 11) is 0. The minimum Gasteiger partial charge on any atom is -0.481 e. The summed E-state index contributed by atoms with van der Waals surface area (Å²) < 4.78 is 0. The Morgan fingerprint density at radius 3 is 2.18 bits per heavy atom. The molecule has 0 aliphatic heterocycles. The number of carboxylic acid groups (broad SMARTS) is 1. The van der Waals surface area contributed by atoms with Gasteiger partial charge in [-0.2, -0.15) is 0 Å². The fraction of sp³-hybridized carbons (Fsp3) is 0.875. The van der Waals surface area contributed by atoms with Gasteiger partial charge in [-0.3, -0.25) is 4.79 Å². The molecule has 3 heteroatoms. The van der Waals surface area contributed by atoms with Crippen molar-refractivity contribution in [3.63, 3.8) is 0 Å². The molecule has 0 aliphatic carbocycles. The summed E-state index contributed by atoms with van der Waals surface area (Å²) in [6, 6.07) is 0. The zero-order valence-electron chi connectivity index (χ0n) is 7.39. The molecule has 0 aromatic heterocycles. The standard InChI is InChI=1S/C8H16O2.Sm/c1-4-5-6-8(2,3)7(9)10;/h4-6H2,1-3H3,(H,9,10);. The molecule has 0 aromatic rings. The van der Waals surface area contributed by atoms with E-state index in [-0.39, 0.29) is 40.4 Å². The maximum absolute atomic E-state index is 10.5. The molecule has 0 spiro atoms. The van der Waals surface area contributed by atoms with Crippen LogP contribution in [0.4, 0.5) is 0 Å². The van der Waals surface area contributed by atoms with E-state index in [0.717, 1.165) is 19.3 Å². The molecule has 0 heterocycles. The van der Waals surface area contributed by atoms with Gasteiger partial charge in [-0.15, -0.1) is 0 Å². The summed E-state index contributed by atoms with van der Waals surface area (Å²) in [5.41, 5.74) is -0.532. The van der Waals surface area contributed by atoms with E-state index < -0.39 is 11.4 Å². The smallest absolute Gasteiger partial charge is 0.309 e. The van der Waals surface area contributed by atoms with Crippen LogP contribution < -0.4 is 0 Å². The fourth-order valence-electron chi connectivity index (χ4n) is 0.726. The summed E-state index contributed by atoms with van der Waals surface area (Å²) in [4.78, 5) is 10.5. The van der Waals surface area contributed by atoms with Crippen LogP contribution in [0.3, 0.4) is 0 Å². The molecule has 0 unspecified atom stereocenters. The molecule has 0 aliphatic rings. The van der Waals surface area contributed by atoms with Gasteiger partial charge in [0.25, 0.3) is 0 Å².